The van der Waals surface area contributed by atoms with Gasteiger partial charge in [-0.15, -0.1) is 0 Å². The summed E-state index contributed by atoms with van der Waals surface area (Å²) in [5, 5.41) is 11.4. The van der Waals surface area contributed by atoms with Crippen LogP contribution in [-0.2, 0) is 25.0 Å². The van der Waals surface area contributed by atoms with Crippen molar-refractivity contribution in [2.75, 3.05) is 31.3 Å². The molecule has 1 spiro atoms. The van der Waals surface area contributed by atoms with Crippen LogP contribution in [0.1, 0.15) is 17.5 Å². The van der Waals surface area contributed by atoms with E-state index in [1.165, 1.54) is 21.3 Å². The number of carbonyl (C=O) groups excluding carboxylic acids is 1. The Morgan fingerprint density at radius 1 is 1.14 bits per heavy atom. The molecule has 9 nitrogen and oxygen atoms in total. The van der Waals surface area contributed by atoms with E-state index < -0.39 is 28.4 Å². The smallest absolute Gasteiger partial charge is 0.271 e. The number of hydrogen-bond acceptors (Lipinski definition) is 6. The number of sulfonamides is 1. The number of anilines is 1. The van der Waals surface area contributed by atoms with Crippen molar-refractivity contribution in [3.8, 4) is 0 Å². The van der Waals surface area contributed by atoms with Crippen molar-refractivity contribution in [2.24, 2.45) is 0 Å². The molecule has 0 saturated carbocycles. The highest BCUT2D eigenvalue weighted by Crippen LogP contribution is 2.49. The minimum Gasteiger partial charge on any atom is -0.361 e. The molecule has 35 heavy (non-hydrogen) atoms. The number of aryl methyl sites for hydroxylation is 1. The number of benzene rings is 2. The van der Waals surface area contributed by atoms with Crippen molar-refractivity contribution < 1.29 is 22.9 Å². The summed E-state index contributed by atoms with van der Waals surface area (Å²) >= 11 is 0. The standard InChI is InChI=1S/C24H31N3O6SSi/c1-18-5-8-20(9-6-18)34(31,32)25-12-11-24(16-25)21-10-7-19(27(29)30)15-22(21)26(23(24)28)17-33-13-14-35(2,3)4/h5-10,15H,11-14,16-17H2,1-4H3. The van der Waals surface area contributed by atoms with E-state index in [2.05, 4.69) is 19.6 Å². The molecule has 1 fully saturated rings. The van der Waals surface area contributed by atoms with Crippen molar-refractivity contribution in [1.82, 2.24) is 4.31 Å². The topological polar surface area (TPSA) is 110 Å². The molecule has 2 aromatic carbocycles. The first-order chi connectivity index (χ1) is 16.3. The Balaban J connectivity index is 1.65. The van der Waals surface area contributed by atoms with E-state index in [0.717, 1.165) is 11.6 Å². The average Bonchev–Trinajstić information content (AvgIpc) is 3.33. The van der Waals surface area contributed by atoms with Crippen LogP contribution >= 0.6 is 0 Å². The molecule has 0 bridgehead atoms. The number of hydrogen-bond donors (Lipinski definition) is 0. The van der Waals surface area contributed by atoms with Gasteiger partial charge in [0.05, 0.1) is 20.9 Å². The van der Waals surface area contributed by atoms with Crippen molar-refractivity contribution in [3.63, 3.8) is 0 Å². The van der Waals surface area contributed by atoms with Crippen molar-refractivity contribution in [2.45, 2.75) is 49.3 Å². The summed E-state index contributed by atoms with van der Waals surface area (Å²) in [5.41, 5.74) is 0.774. The van der Waals surface area contributed by atoms with Gasteiger partial charge >= 0.3 is 0 Å². The van der Waals surface area contributed by atoms with Crippen LogP contribution in [-0.4, -0.2) is 58.1 Å². The maximum absolute atomic E-state index is 13.8. The van der Waals surface area contributed by atoms with E-state index in [4.69, 9.17) is 4.74 Å². The Morgan fingerprint density at radius 3 is 2.46 bits per heavy atom. The van der Waals surface area contributed by atoms with Crippen LogP contribution in [0.4, 0.5) is 11.4 Å². The molecule has 2 aliphatic heterocycles. The van der Waals surface area contributed by atoms with Crippen LogP contribution in [0.3, 0.4) is 0 Å². The molecule has 11 heteroatoms. The molecular weight excluding hydrogens is 486 g/mol. The van der Waals surface area contributed by atoms with Gasteiger partial charge in [0.15, 0.2) is 0 Å². The predicted octanol–water partition coefficient (Wildman–Crippen LogP) is 3.89. The quantitative estimate of drug-likeness (QED) is 0.227. The predicted molar refractivity (Wildman–Crippen MR) is 136 cm³/mol. The van der Waals surface area contributed by atoms with Gasteiger partial charge in [0.2, 0.25) is 15.9 Å². The van der Waals surface area contributed by atoms with Crippen molar-refractivity contribution in [1.29, 1.82) is 0 Å². The lowest BCUT2D eigenvalue weighted by molar-refractivity contribution is -0.384. The minimum absolute atomic E-state index is 0.0156. The number of fused-ring (bicyclic) bond motifs is 2. The summed E-state index contributed by atoms with van der Waals surface area (Å²) in [7, 11) is -5.13. The van der Waals surface area contributed by atoms with Crippen LogP contribution in [0.2, 0.25) is 25.7 Å². The number of rotatable bonds is 8. The van der Waals surface area contributed by atoms with Gasteiger partial charge in [-0.1, -0.05) is 37.3 Å². The van der Waals surface area contributed by atoms with Gasteiger partial charge in [0.1, 0.15) is 6.73 Å². The molecule has 0 N–H and O–H groups in total. The summed E-state index contributed by atoms with van der Waals surface area (Å²) in [4.78, 5) is 26.3. The third kappa shape index (κ3) is 4.77. The fourth-order valence-corrected chi connectivity index (χ4v) is 6.90. The molecule has 0 radical (unpaired) electrons. The second-order valence-corrected chi connectivity index (χ2v) is 18.1. The molecule has 1 unspecified atom stereocenters. The van der Waals surface area contributed by atoms with Gasteiger partial charge in [-0.25, -0.2) is 8.42 Å². The van der Waals surface area contributed by atoms with Gasteiger partial charge in [-0.3, -0.25) is 19.8 Å². The summed E-state index contributed by atoms with van der Waals surface area (Å²) in [6, 6.07) is 11.9. The second-order valence-electron chi connectivity index (χ2n) is 10.5. The number of amides is 1. The Bertz CT molecular complexity index is 1260. The summed E-state index contributed by atoms with van der Waals surface area (Å²) in [5.74, 6) is -0.275. The van der Waals surface area contributed by atoms with Gasteiger partial charge < -0.3 is 4.74 Å². The Morgan fingerprint density at radius 2 is 1.83 bits per heavy atom. The van der Waals surface area contributed by atoms with Crippen LogP contribution in [0, 0.1) is 17.0 Å². The van der Waals surface area contributed by atoms with Crippen LogP contribution in [0.5, 0.6) is 0 Å². The third-order valence-electron chi connectivity index (χ3n) is 6.76. The number of ether oxygens (including phenoxy) is 1. The minimum atomic E-state index is -3.79. The molecule has 2 aliphatic rings. The fourth-order valence-electron chi connectivity index (χ4n) is 4.64. The van der Waals surface area contributed by atoms with Gasteiger partial charge in [0, 0.05) is 39.9 Å². The van der Waals surface area contributed by atoms with Crippen LogP contribution in [0.25, 0.3) is 0 Å². The number of nitro groups is 1. The zero-order valence-electron chi connectivity index (χ0n) is 20.5. The third-order valence-corrected chi connectivity index (χ3v) is 10.3. The SMILES string of the molecule is Cc1ccc(S(=O)(=O)N2CCC3(C2)C(=O)N(COCC[Si](C)(C)C)c2cc([N+](=O)[O-])ccc23)cc1. The highest BCUT2D eigenvalue weighted by molar-refractivity contribution is 7.89. The monoisotopic (exact) mass is 517 g/mol. The van der Waals surface area contributed by atoms with E-state index in [0.29, 0.717) is 24.3 Å². The van der Waals surface area contributed by atoms with E-state index in [-0.39, 0.29) is 36.3 Å². The van der Waals surface area contributed by atoms with E-state index in [9.17, 15) is 23.3 Å². The molecule has 2 heterocycles. The second kappa shape index (κ2) is 9.12. The Labute approximate surface area is 206 Å². The lowest BCUT2D eigenvalue weighted by Crippen LogP contribution is -2.44. The summed E-state index contributed by atoms with van der Waals surface area (Å²) in [6.45, 7) is 9.20. The molecule has 2 aromatic rings. The highest BCUT2D eigenvalue weighted by Gasteiger charge is 2.56. The zero-order valence-corrected chi connectivity index (χ0v) is 22.3. The molecule has 188 valence electrons. The van der Waals surface area contributed by atoms with Gasteiger partial charge in [-0.05, 0) is 43.2 Å². The lowest BCUT2D eigenvalue weighted by Gasteiger charge is -2.25. The fraction of sp³-hybridized carbons (Fsp3) is 0.458. The first kappa shape index (κ1) is 25.5. The number of non-ortho nitro benzene ring substituents is 1. The van der Waals surface area contributed by atoms with Gasteiger partial charge in [-0.2, -0.15) is 4.31 Å². The van der Waals surface area contributed by atoms with Crippen molar-refractivity contribution >= 4 is 35.4 Å². The Kier molecular flexibility index (Phi) is 6.64. The molecule has 0 aromatic heterocycles. The van der Waals surface area contributed by atoms with Crippen LogP contribution in [0.15, 0.2) is 47.4 Å². The van der Waals surface area contributed by atoms with E-state index in [1.807, 2.05) is 6.92 Å². The number of nitro benzene ring substituents is 1. The Hall–Kier alpha value is -2.60. The van der Waals surface area contributed by atoms with Gasteiger partial charge in [0.25, 0.3) is 5.69 Å². The number of carbonyl (C=O) groups is 1. The summed E-state index contributed by atoms with van der Waals surface area (Å²) in [6.07, 6.45) is 0.299. The molecular formula is C24H31N3O6SSi. The average molecular weight is 518 g/mol. The highest BCUT2D eigenvalue weighted by atomic mass is 32.2. The van der Waals surface area contributed by atoms with Crippen molar-refractivity contribution in [3.05, 3.63) is 63.7 Å². The maximum Gasteiger partial charge on any atom is 0.271 e. The molecule has 1 saturated heterocycles. The normalized spacial score (nSPS) is 20.6. The molecule has 0 aliphatic carbocycles. The first-order valence-electron chi connectivity index (χ1n) is 11.6. The molecule has 1 atom stereocenters. The largest absolute Gasteiger partial charge is 0.361 e. The summed E-state index contributed by atoms with van der Waals surface area (Å²) < 4.78 is 33.8. The van der Waals surface area contributed by atoms with E-state index in [1.54, 1.807) is 30.3 Å². The lowest BCUT2D eigenvalue weighted by atomic mass is 9.81. The first-order valence-corrected chi connectivity index (χ1v) is 16.8. The maximum atomic E-state index is 13.8. The van der Waals surface area contributed by atoms with Crippen LogP contribution < -0.4 is 4.90 Å². The molecule has 1 amide bonds. The molecule has 4 rings (SSSR count). The zero-order chi connectivity index (χ0) is 25.6. The van der Waals surface area contributed by atoms with E-state index >= 15 is 0 Å². The number of nitrogens with zero attached hydrogens (tertiary/aromatic N) is 3.